The molecular weight excluding hydrogens is 131 g/mol. The topological polar surface area (TPSA) is 0 Å². The third-order valence-corrected chi connectivity index (χ3v) is 1.80. The van der Waals surface area contributed by atoms with Gasteiger partial charge in [-0.2, -0.15) is 0 Å². The highest BCUT2D eigenvalue weighted by atomic mass is 13.9. The number of hydrogen-bond acceptors (Lipinski definition) is 0. The molecule has 0 heterocycles. The van der Waals surface area contributed by atoms with E-state index in [9.17, 15) is 0 Å². The maximum absolute atomic E-state index is 5.47. The first-order valence-corrected chi connectivity index (χ1v) is 4.14. The molecule has 0 saturated heterocycles. The quantitative estimate of drug-likeness (QED) is 0.571. The van der Waals surface area contributed by atoms with Crippen LogP contribution in [-0.4, -0.2) is 7.85 Å². The lowest BCUT2D eigenvalue weighted by atomic mass is 9.96. The summed E-state index contributed by atoms with van der Waals surface area (Å²) in [4.78, 5) is 0. The summed E-state index contributed by atoms with van der Waals surface area (Å²) in [5, 5.41) is 0. The van der Waals surface area contributed by atoms with Crippen LogP contribution in [0.2, 0.25) is 0 Å². The largest absolute Gasteiger partial charge is 0.0716 e. The Bertz CT molecular complexity index is 201. The van der Waals surface area contributed by atoms with Crippen molar-refractivity contribution >= 4 is 7.85 Å². The molecule has 1 heteroatoms. The summed E-state index contributed by atoms with van der Waals surface area (Å²) in [5.74, 6) is 0. The summed E-state index contributed by atoms with van der Waals surface area (Å²) in [7, 11) is 5.47. The Morgan fingerprint density at radius 1 is 1.09 bits per heavy atom. The summed E-state index contributed by atoms with van der Waals surface area (Å²) in [6.45, 7) is 2.19. The van der Waals surface area contributed by atoms with Gasteiger partial charge in [0.05, 0.1) is 7.85 Å². The van der Waals surface area contributed by atoms with Crippen molar-refractivity contribution in [2.45, 2.75) is 26.1 Å². The molecule has 0 aliphatic rings. The van der Waals surface area contributed by atoms with Crippen molar-refractivity contribution in [3.05, 3.63) is 35.4 Å². The van der Waals surface area contributed by atoms with E-state index in [2.05, 4.69) is 31.2 Å². The van der Waals surface area contributed by atoms with Gasteiger partial charge in [0, 0.05) is 0 Å². The molecule has 11 heavy (non-hydrogen) atoms. The first-order chi connectivity index (χ1) is 5.36. The average molecular weight is 144 g/mol. The minimum Gasteiger partial charge on any atom is -0.0651 e. The molecule has 0 nitrogen and oxygen atoms in total. The van der Waals surface area contributed by atoms with Crippen molar-refractivity contribution in [3.63, 3.8) is 0 Å². The summed E-state index contributed by atoms with van der Waals surface area (Å²) in [5.41, 5.74) is 2.62. The zero-order valence-corrected chi connectivity index (χ0v) is 7.01. The van der Waals surface area contributed by atoms with E-state index in [0.717, 1.165) is 0 Å². The maximum Gasteiger partial charge on any atom is 0.0716 e. The minimum atomic E-state index is 0.645. The number of aryl methyl sites for hydroxylation is 1. The lowest BCUT2D eigenvalue weighted by molar-refractivity contribution is 0.921. The Morgan fingerprint density at radius 3 is 2.09 bits per heavy atom. The molecule has 0 N–H and O–H groups in total. The fourth-order valence-electron chi connectivity index (χ4n) is 1.13. The van der Waals surface area contributed by atoms with Gasteiger partial charge in [-0.05, 0) is 12.0 Å². The molecule has 0 atom stereocenters. The van der Waals surface area contributed by atoms with E-state index in [-0.39, 0.29) is 0 Å². The monoisotopic (exact) mass is 144 g/mol. The normalized spacial score (nSPS) is 9.91. The molecule has 0 aliphatic heterocycles. The van der Waals surface area contributed by atoms with Crippen LogP contribution in [0.4, 0.5) is 0 Å². The molecular formula is C10H13B. The number of rotatable bonds is 3. The van der Waals surface area contributed by atoms with Crippen molar-refractivity contribution in [1.29, 1.82) is 0 Å². The molecule has 0 unspecified atom stereocenters. The fraction of sp³-hybridized carbons (Fsp3) is 0.400. The SMILES string of the molecule is [B]Cc1ccc(CCC)cc1. The van der Waals surface area contributed by atoms with E-state index in [1.165, 1.54) is 24.0 Å². The molecule has 0 aliphatic carbocycles. The highest BCUT2D eigenvalue weighted by Gasteiger charge is 1.90. The van der Waals surface area contributed by atoms with Gasteiger partial charge >= 0.3 is 0 Å². The molecule has 56 valence electrons. The highest BCUT2D eigenvalue weighted by molar-refractivity contribution is 6.08. The third kappa shape index (κ3) is 2.41. The fourth-order valence-corrected chi connectivity index (χ4v) is 1.13. The molecule has 0 saturated carbocycles. The van der Waals surface area contributed by atoms with Crippen LogP contribution in [-0.2, 0) is 12.7 Å². The van der Waals surface area contributed by atoms with E-state index < -0.39 is 0 Å². The Hall–Kier alpha value is -0.715. The molecule has 0 spiro atoms. The first kappa shape index (κ1) is 8.38. The Labute approximate surface area is 70.0 Å². The first-order valence-electron chi connectivity index (χ1n) is 4.14. The van der Waals surface area contributed by atoms with Crippen molar-refractivity contribution in [2.24, 2.45) is 0 Å². The van der Waals surface area contributed by atoms with Gasteiger partial charge in [-0.3, -0.25) is 0 Å². The smallest absolute Gasteiger partial charge is 0.0651 e. The Morgan fingerprint density at radius 2 is 1.64 bits per heavy atom. The van der Waals surface area contributed by atoms with Gasteiger partial charge in [0.2, 0.25) is 0 Å². The van der Waals surface area contributed by atoms with Crippen LogP contribution in [0.25, 0.3) is 0 Å². The van der Waals surface area contributed by atoms with E-state index in [4.69, 9.17) is 7.85 Å². The molecule has 0 amide bonds. The molecule has 2 radical (unpaired) electrons. The molecule has 0 fully saturated rings. The summed E-state index contributed by atoms with van der Waals surface area (Å²) in [6, 6.07) is 8.52. The predicted octanol–water partition coefficient (Wildman–Crippen LogP) is 2.31. The van der Waals surface area contributed by atoms with E-state index in [1.54, 1.807) is 0 Å². The van der Waals surface area contributed by atoms with Crippen LogP contribution >= 0.6 is 0 Å². The predicted molar refractivity (Wildman–Crippen MR) is 49.9 cm³/mol. The number of benzene rings is 1. The molecule has 0 aromatic heterocycles. The molecule has 0 bridgehead atoms. The van der Waals surface area contributed by atoms with E-state index in [1.807, 2.05) is 0 Å². The van der Waals surface area contributed by atoms with Gasteiger partial charge in [0.25, 0.3) is 0 Å². The van der Waals surface area contributed by atoms with Gasteiger partial charge in [-0.15, -0.1) is 0 Å². The Kier molecular flexibility index (Phi) is 3.22. The van der Waals surface area contributed by atoms with Crippen LogP contribution in [0.5, 0.6) is 0 Å². The van der Waals surface area contributed by atoms with Gasteiger partial charge < -0.3 is 0 Å². The molecule has 1 aromatic carbocycles. The van der Waals surface area contributed by atoms with Crippen molar-refractivity contribution in [2.75, 3.05) is 0 Å². The molecule has 1 rings (SSSR count). The van der Waals surface area contributed by atoms with Gasteiger partial charge in [0.1, 0.15) is 0 Å². The van der Waals surface area contributed by atoms with E-state index in [0.29, 0.717) is 6.32 Å². The summed E-state index contributed by atoms with van der Waals surface area (Å²) in [6.07, 6.45) is 3.03. The maximum atomic E-state index is 5.47. The van der Waals surface area contributed by atoms with E-state index >= 15 is 0 Å². The second-order valence-electron chi connectivity index (χ2n) is 2.77. The van der Waals surface area contributed by atoms with Crippen LogP contribution in [0.15, 0.2) is 24.3 Å². The van der Waals surface area contributed by atoms with Gasteiger partial charge in [0.15, 0.2) is 0 Å². The van der Waals surface area contributed by atoms with Crippen molar-refractivity contribution in [3.8, 4) is 0 Å². The third-order valence-electron chi connectivity index (χ3n) is 1.80. The summed E-state index contributed by atoms with van der Waals surface area (Å²) < 4.78 is 0. The lowest BCUT2D eigenvalue weighted by Gasteiger charge is -1.99. The minimum absolute atomic E-state index is 0.645. The summed E-state index contributed by atoms with van der Waals surface area (Å²) >= 11 is 0. The second kappa shape index (κ2) is 4.22. The van der Waals surface area contributed by atoms with Crippen LogP contribution < -0.4 is 0 Å². The van der Waals surface area contributed by atoms with Crippen LogP contribution in [0, 0.1) is 0 Å². The lowest BCUT2D eigenvalue weighted by Crippen LogP contribution is -1.86. The zero-order chi connectivity index (χ0) is 8.10. The highest BCUT2D eigenvalue weighted by Crippen LogP contribution is 2.05. The average Bonchev–Trinajstić information content (AvgIpc) is 2.07. The van der Waals surface area contributed by atoms with Crippen LogP contribution in [0.1, 0.15) is 24.5 Å². The van der Waals surface area contributed by atoms with Crippen LogP contribution in [0.3, 0.4) is 0 Å². The molecule has 1 aromatic rings. The standard InChI is InChI=1S/C10H13B/c1-2-3-9-4-6-10(8-11)7-5-9/h4-7H,2-3,8H2,1H3. The number of hydrogen-bond donors (Lipinski definition) is 0. The van der Waals surface area contributed by atoms with Crippen molar-refractivity contribution < 1.29 is 0 Å². The Balaban J connectivity index is 2.66. The second-order valence-corrected chi connectivity index (χ2v) is 2.77. The van der Waals surface area contributed by atoms with Gasteiger partial charge in [-0.1, -0.05) is 49.5 Å². The van der Waals surface area contributed by atoms with Crippen molar-refractivity contribution in [1.82, 2.24) is 0 Å². The van der Waals surface area contributed by atoms with Gasteiger partial charge in [-0.25, -0.2) is 0 Å². The zero-order valence-electron chi connectivity index (χ0n) is 7.01.